The molecule has 1 fully saturated rings. The minimum absolute atomic E-state index is 0.0204. The SMILES string of the molecule is C=C(OC)C1(C)CC(C(=O)c2ccccc2)N(c2ccccc2)O1. The van der Waals surface area contributed by atoms with E-state index >= 15 is 0 Å². The van der Waals surface area contributed by atoms with Gasteiger partial charge in [0.25, 0.3) is 0 Å². The predicted molar refractivity (Wildman–Crippen MR) is 93.7 cm³/mol. The van der Waals surface area contributed by atoms with Crippen LogP contribution in [-0.4, -0.2) is 24.5 Å². The highest BCUT2D eigenvalue weighted by molar-refractivity contribution is 6.02. The lowest BCUT2D eigenvalue weighted by Crippen LogP contribution is -2.35. The first-order valence-electron chi connectivity index (χ1n) is 7.91. The molecule has 1 heterocycles. The second-order valence-electron chi connectivity index (χ2n) is 6.06. The van der Waals surface area contributed by atoms with E-state index in [4.69, 9.17) is 9.57 Å². The number of ether oxygens (including phenoxy) is 1. The summed E-state index contributed by atoms with van der Waals surface area (Å²) >= 11 is 0. The standard InChI is InChI=1S/C20H21NO3/c1-15(23-3)20(2)14-18(19(22)16-10-6-4-7-11-16)21(24-20)17-12-8-5-9-13-17/h4-13,18H,1,14H2,2-3H3. The van der Waals surface area contributed by atoms with Crippen LogP contribution in [-0.2, 0) is 9.57 Å². The summed E-state index contributed by atoms with van der Waals surface area (Å²) in [6.07, 6.45) is 0.474. The van der Waals surface area contributed by atoms with E-state index in [-0.39, 0.29) is 5.78 Å². The number of ketones is 1. The average Bonchev–Trinajstić information content (AvgIpc) is 3.01. The quantitative estimate of drug-likeness (QED) is 0.616. The van der Waals surface area contributed by atoms with Crippen LogP contribution in [0.3, 0.4) is 0 Å². The number of para-hydroxylation sites is 1. The molecule has 2 aromatic rings. The number of anilines is 1. The molecule has 4 heteroatoms. The molecular formula is C20H21NO3. The van der Waals surface area contributed by atoms with Crippen molar-refractivity contribution in [3.05, 3.63) is 78.6 Å². The molecule has 1 aliphatic rings. The second kappa shape index (κ2) is 6.49. The number of hydrogen-bond acceptors (Lipinski definition) is 4. The lowest BCUT2D eigenvalue weighted by molar-refractivity contribution is -0.00699. The van der Waals surface area contributed by atoms with Crippen LogP contribution in [0.25, 0.3) is 0 Å². The summed E-state index contributed by atoms with van der Waals surface area (Å²) in [6.45, 7) is 5.83. The van der Waals surface area contributed by atoms with Gasteiger partial charge in [-0.05, 0) is 19.1 Å². The van der Waals surface area contributed by atoms with E-state index < -0.39 is 11.6 Å². The minimum atomic E-state index is -0.750. The zero-order valence-electron chi connectivity index (χ0n) is 13.9. The van der Waals surface area contributed by atoms with E-state index in [1.54, 1.807) is 12.2 Å². The molecule has 2 aromatic carbocycles. The van der Waals surface area contributed by atoms with Gasteiger partial charge in [-0.25, -0.2) is 5.06 Å². The maximum Gasteiger partial charge on any atom is 0.187 e. The summed E-state index contributed by atoms with van der Waals surface area (Å²) in [7, 11) is 1.57. The van der Waals surface area contributed by atoms with E-state index in [0.29, 0.717) is 17.7 Å². The van der Waals surface area contributed by atoms with Crippen molar-refractivity contribution in [2.45, 2.75) is 25.0 Å². The third kappa shape index (κ3) is 2.93. The van der Waals surface area contributed by atoms with Gasteiger partial charge in [-0.1, -0.05) is 55.1 Å². The molecule has 2 atom stereocenters. The largest absolute Gasteiger partial charge is 0.499 e. The average molecular weight is 323 g/mol. The first-order valence-corrected chi connectivity index (χ1v) is 7.91. The number of Topliss-reactive ketones (excluding diaryl/α,β-unsaturated/α-hetero) is 1. The van der Waals surface area contributed by atoms with Gasteiger partial charge in [0.2, 0.25) is 0 Å². The monoisotopic (exact) mass is 323 g/mol. The lowest BCUT2D eigenvalue weighted by Gasteiger charge is -2.27. The molecule has 3 rings (SSSR count). The summed E-state index contributed by atoms with van der Waals surface area (Å²) in [5.74, 6) is 0.527. The van der Waals surface area contributed by atoms with Crippen LogP contribution in [0.15, 0.2) is 73.0 Å². The maximum atomic E-state index is 13.0. The molecule has 0 aromatic heterocycles. The van der Waals surface area contributed by atoms with Crippen LogP contribution in [0.4, 0.5) is 5.69 Å². The Labute approximate surface area is 142 Å². The molecule has 0 aliphatic carbocycles. The molecule has 124 valence electrons. The third-order valence-electron chi connectivity index (χ3n) is 4.37. The number of hydroxylamine groups is 1. The van der Waals surface area contributed by atoms with E-state index in [9.17, 15) is 4.79 Å². The van der Waals surface area contributed by atoms with Gasteiger partial charge in [-0.3, -0.25) is 9.63 Å². The normalized spacial score (nSPS) is 23.1. The minimum Gasteiger partial charge on any atom is -0.499 e. The van der Waals surface area contributed by atoms with Crippen LogP contribution in [0.2, 0.25) is 0 Å². The van der Waals surface area contributed by atoms with Crippen LogP contribution in [0.5, 0.6) is 0 Å². The molecule has 0 radical (unpaired) electrons. The molecule has 2 unspecified atom stereocenters. The molecule has 4 nitrogen and oxygen atoms in total. The lowest BCUT2D eigenvalue weighted by atomic mass is 9.92. The number of methoxy groups -OCH3 is 1. The summed E-state index contributed by atoms with van der Waals surface area (Å²) in [4.78, 5) is 19.2. The van der Waals surface area contributed by atoms with E-state index in [0.717, 1.165) is 5.69 Å². The predicted octanol–water partition coefficient (Wildman–Crippen LogP) is 4.00. The zero-order valence-corrected chi connectivity index (χ0v) is 13.9. The molecule has 0 spiro atoms. The number of benzene rings is 2. The van der Waals surface area contributed by atoms with Gasteiger partial charge < -0.3 is 4.74 Å². The fourth-order valence-corrected chi connectivity index (χ4v) is 2.95. The van der Waals surface area contributed by atoms with Gasteiger partial charge in [0, 0.05) is 12.0 Å². The van der Waals surface area contributed by atoms with Crippen molar-refractivity contribution in [3.63, 3.8) is 0 Å². The van der Waals surface area contributed by atoms with Crippen molar-refractivity contribution in [3.8, 4) is 0 Å². The van der Waals surface area contributed by atoms with Gasteiger partial charge in [0.05, 0.1) is 12.8 Å². The maximum absolute atomic E-state index is 13.0. The summed E-state index contributed by atoms with van der Waals surface area (Å²) < 4.78 is 5.30. The Kier molecular flexibility index (Phi) is 4.40. The van der Waals surface area contributed by atoms with Crippen molar-refractivity contribution in [2.75, 3.05) is 12.2 Å². The van der Waals surface area contributed by atoms with Gasteiger partial charge in [0.15, 0.2) is 11.4 Å². The van der Waals surface area contributed by atoms with Gasteiger partial charge >= 0.3 is 0 Å². The molecular weight excluding hydrogens is 302 g/mol. The summed E-state index contributed by atoms with van der Waals surface area (Å²) in [5.41, 5.74) is 0.749. The third-order valence-corrected chi connectivity index (χ3v) is 4.37. The smallest absolute Gasteiger partial charge is 0.187 e. The fraction of sp³-hybridized carbons (Fsp3) is 0.250. The van der Waals surface area contributed by atoms with Crippen molar-refractivity contribution < 1.29 is 14.4 Å². The van der Waals surface area contributed by atoms with E-state index in [1.807, 2.05) is 67.6 Å². The highest BCUT2D eigenvalue weighted by Gasteiger charge is 2.48. The van der Waals surface area contributed by atoms with Gasteiger partial charge in [0.1, 0.15) is 11.8 Å². The Morgan fingerprint density at radius 1 is 1.17 bits per heavy atom. The van der Waals surface area contributed by atoms with Crippen molar-refractivity contribution in [1.82, 2.24) is 0 Å². The van der Waals surface area contributed by atoms with Crippen molar-refractivity contribution in [1.29, 1.82) is 0 Å². The Bertz CT molecular complexity index is 729. The highest BCUT2D eigenvalue weighted by atomic mass is 16.7. The summed E-state index contributed by atoms with van der Waals surface area (Å²) in [6, 6.07) is 18.5. The number of nitrogens with zero attached hydrogens (tertiary/aromatic N) is 1. The van der Waals surface area contributed by atoms with E-state index in [1.165, 1.54) is 0 Å². The molecule has 0 N–H and O–H groups in total. The van der Waals surface area contributed by atoms with Crippen LogP contribution in [0, 0.1) is 0 Å². The van der Waals surface area contributed by atoms with Gasteiger partial charge in [-0.15, -0.1) is 0 Å². The first-order chi connectivity index (χ1) is 11.5. The van der Waals surface area contributed by atoms with Gasteiger partial charge in [-0.2, -0.15) is 0 Å². The molecule has 0 amide bonds. The Hall–Kier alpha value is -2.59. The zero-order chi connectivity index (χ0) is 17.2. The Balaban J connectivity index is 1.97. The summed E-state index contributed by atoms with van der Waals surface area (Å²) in [5, 5.41) is 1.68. The van der Waals surface area contributed by atoms with Crippen molar-refractivity contribution in [2.24, 2.45) is 0 Å². The molecule has 0 saturated carbocycles. The molecule has 1 aliphatic heterocycles. The number of carbonyl (C=O) groups is 1. The molecule has 0 bridgehead atoms. The number of hydrogen-bond donors (Lipinski definition) is 0. The fourth-order valence-electron chi connectivity index (χ4n) is 2.95. The van der Waals surface area contributed by atoms with Crippen molar-refractivity contribution >= 4 is 11.5 Å². The highest BCUT2D eigenvalue weighted by Crippen LogP contribution is 2.40. The first kappa shape index (κ1) is 16.3. The van der Waals surface area contributed by atoms with Crippen LogP contribution in [0.1, 0.15) is 23.7 Å². The number of rotatable bonds is 5. The van der Waals surface area contributed by atoms with Crippen LogP contribution < -0.4 is 5.06 Å². The second-order valence-corrected chi connectivity index (χ2v) is 6.06. The Morgan fingerprint density at radius 2 is 1.75 bits per heavy atom. The van der Waals surface area contributed by atoms with E-state index in [2.05, 4.69) is 6.58 Å². The topological polar surface area (TPSA) is 38.8 Å². The van der Waals surface area contributed by atoms with Crippen LogP contribution >= 0.6 is 0 Å². The molecule has 1 saturated heterocycles. The number of carbonyl (C=O) groups excluding carboxylic acids is 1. The molecule has 24 heavy (non-hydrogen) atoms. The Morgan fingerprint density at radius 3 is 2.33 bits per heavy atom.